The first-order chi connectivity index (χ1) is 22.8. The van der Waals surface area contributed by atoms with Crippen molar-refractivity contribution in [3.8, 4) is 27.9 Å². The van der Waals surface area contributed by atoms with Crippen LogP contribution in [0.4, 0.5) is 0 Å². The van der Waals surface area contributed by atoms with Gasteiger partial charge in [0.1, 0.15) is 0 Å². The maximum absolute atomic E-state index is 3.57. The van der Waals surface area contributed by atoms with E-state index in [2.05, 4.69) is 173 Å². The highest BCUT2D eigenvalue weighted by Crippen LogP contribution is 2.38. The molecule has 8 aromatic carbocycles. The lowest BCUT2D eigenvalue weighted by Gasteiger charge is -2.13. The zero-order valence-electron chi connectivity index (χ0n) is 25.0. The average molecular weight is 585 g/mol. The fraction of sp³-hybridized carbons (Fsp3) is 0. The molecule has 46 heavy (non-hydrogen) atoms. The maximum atomic E-state index is 3.57. The molecule has 2 nitrogen and oxygen atoms in total. The molecule has 0 radical (unpaired) electrons. The van der Waals surface area contributed by atoms with Gasteiger partial charge in [-0.2, -0.15) is 0 Å². The van der Waals surface area contributed by atoms with Gasteiger partial charge in [0.05, 0.1) is 11.0 Å². The number of benzene rings is 8. The number of H-pyrrole nitrogens is 1. The van der Waals surface area contributed by atoms with E-state index < -0.39 is 0 Å². The lowest BCUT2D eigenvalue weighted by Crippen LogP contribution is -1.94. The molecule has 0 unspecified atom stereocenters. The summed E-state index contributed by atoms with van der Waals surface area (Å²) in [6.45, 7) is 0. The fourth-order valence-corrected chi connectivity index (χ4v) is 7.54. The van der Waals surface area contributed by atoms with Crippen LogP contribution in [0.5, 0.6) is 0 Å². The Kier molecular flexibility index (Phi) is 5.31. The van der Waals surface area contributed by atoms with E-state index in [4.69, 9.17) is 0 Å². The maximum Gasteiger partial charge on any atom is 0.0547 e. The topological polar surface area (TPSA) is 20.7 Å². The summed E-state index contributed by atoms with van der Waals surface area (Å²) in [5, 5.41) is 10.2. The summed E-state index contributed by atoms with van der Waals surface area (Å²) in [6.07, 6.45) is 0. The minimum atomic E-state index is 1.16. The van der Waals surface area contributed by atoms with Crippen molar-refractivity contribution in [3.63, 3.8) is 0 Å². The first kappa shape index (κ1) is 25.2. The second-order valence-electron chi connectivity index (χ2n) is 12.3. The summed E-state index contributed by atoms with van der Waals surface area (Å²) in [4.78, 5) is 3.57. The highest BCUT2D eigenvalue weighted by atomic mass is 15.0. The van der Waals surface area contributed by atoms with E-state index in [1.54, 1.807) is 0 Å². The molecule has 10 rings (SSSR count). The van der Waals surface area contributed by atoms with Crippen molar-refractivity contribution in [3.05, 3.63) is 164 Å². The Morgan fingerprint density at radius 3 is 1.83 bits per heavy atom. The minimum absolute atomic E-state index is 1.16. The second kappa shape index (κ2) is 9.69. The Bertz CT molecular complexity index is 2790. The third kappa shape index (κ3) is 3.71. The molecular weight excluding hydrogens is 556 g/mol. The summed E-state index contributed by atoms with van der Waals surface area (Å²) >= 11 is 0. The van der Waals surface area contributed by atoms with Gasteiger partial charge in [-0.3, -0.25) is 0 Å². The number of aromatic amines is 1. The van der Waals surface area contributed by atoms with E-state index in [-0.39, 0.29) is 0 Å². The van der Waals surface area contributed by atoms with Gasteiger partial charge in [-0.05, 0) is 92.3 Å². The fourth-order valence-electron chi connectivity index (χ4n) is 7.54. The first-order valence-electron chi connectivity index (χ1n) is 15.9. The molecule has 2 heterocycles. The van der Waals surface area contributed by atoms with E-state index >= 15 is 0 Å². The lowest BCUT2D eigenvalue weighted by molar-refractivity contribution is 1.18. The molecule has 1 N–H and O–H groups in total. The van der Waals surface area contributed by atoms with Crippen molar-refractivity contribution in [1.82, 2.24) is 9.55 Å². The Morgan fingerprint density at radius 1 is 0.348 bits per heavy atom. The molecular formula is C44H28N2. The predicted molar refractivity (Wildman–Crippen MR) is 196 cm³/mol. The molecule has 0 saturated carbocycles. The van der Waals surface area contributed by atoms with E-state index in [9.17, 15) is 0 Å². The Morgan fingerprint density at radius 2 is 0.957 bits per heavy atom. The smallest absolute Gasteiger partial charge is 0.0547 e. The predicted octanol–water partition coefficient (Wildman–Crippen LogP) is 12.1. The van der Waals surface area contributed by atoms with Gasteiger partial charge in [0.15, 0.2) is 0 Å². The summed E-state index contributed by atoms with van der Waals surface area (Å²) in [6, 6.07) is 59.9. The van der Waals surface area contributed by atoms with Crippen LogP contribution in [-0.2, 0) is 0 Å². The Hall–Kier alpha value is -6.12. The van der Waals surface area contributed by atoms with Gasteiger partial charge in [0.25, 0.3) is 0 Å². The summed E-state index contributed by atoms with van der Waals surface area (Å²) in [5.41, 5.74) is 10.8. The number of nitrogens with one attached hydrogen (secondary N) is 1. The van der Waals surface area contributed by atoms with E-state index in [1.807, 2.05) is 0 Å². The molecule has 0 saturated heterocycles. The molecule has 2 heteroatoms. The number of hydrogen-bond acceptors (Lipinski definition) is 0. The summed E-state index contributed by atoms with van der Waals surface area (Å²) in [7, 11) is 0. The Labute approximate surface area is 265 Å². The van der Waals surface area contributed by atoms with Crippen molar-refractivity contribution in [2.45, 2.75) is 0 Å². The van der Waals surface area contributed by atoms with E-state index in [1.165, 1.54) is 87.4 Å². The zero-order chi connectivity index (χ0) is 30.2. The van der Waals surface area contributed by atoms with Gasteiger partial charge in [-0.15, -0.1) is 0 Å². The number of para-hydroxylation sites is 2. The van der Waals surface area contributed by atoms with Crippen LogP contribution in [0.1, 0.15) is 0 Å². The van der Waals surface area contributed by atoms with Crippen LogP contribution in [0.15, 0.2) is 164 Å². The molecule has 0 atom stereocenters. The van der Waals surface area contributed by atoms with Crippen LogP contribution in [-0.4, -0.2) is 9.55 Å². The lowest BCUT2D eigenvalue weighted by atomic mass is 9.93. The van der Waals surface area contributed by atoms with Crippen molar-refractivity contribution in [2.24, 2.45) is 0 Å². The molecule has 0 amide bonds. The molecule has 0 fully saturated rings. The summed E-state index contributed by atoms with van der Waals surface area (Å²) < 4.78 is 2.42. The zero-order valence-corrected chi connectivity index (χ0v) is 25.0. The van der Waals surface area contributed by atoms with Gasteiger partial charge in [-0.1, -0.05) is 115 Å². The van der Waals surface area contributed by atoms with Crippen LogP contribution >= 0.6 is 0 Å². The summed E-state index contributed by atoms with van der Waals surface area (Å²) in [5.74, 6) is 0. The van der Waals surface area contributed by atoms with Crippen molar-refractivity contribution < 1.29 is 0 Å². The molecule has 0 aliphatic rings. The first-order valence-corrected chi connectivity index (χ1v) is 15.9. The monoisotopic (exact) mass is 584 g/mol. The molecule has 0 aliphatic heterocycles. The van der Waals surface area contributed by atoms with Crippen LogP contribution < -0.4 is 0 Å². The quantitative estimate of drug-likeness (QED) is 0.199. The van der Waals surface area contributed by atoms with Gasteiger partial charge < -0.3 is 9.55 Å². The second-order valence-corrected chi connectivity index (χ2v) is 12.3. The average Bonchev–Trinajstić information content (AvgIpc) is 3.66. The van der Waals surface area contributed by atoms with Crippen molar-refractivity contribution in [1.29, 1.82) is 0 Å². The van der Waals surface area contributed by atoms with Gasteiger partial charge in [0.2, 0.25) is 0 Å². The number of rotatable bonds is 3. The normalized spacial score (nSPS) is 11.9. The largest absolute Gasteiger partial charge is 0.355 e. The van der Waals surface area contributed by atoms with Crippen LogP contribution in [0.25, 0.3) is 93.1 Å². The van der Waals surface area contributed by atoms with Crippen LogP contribution in [0.2, 0.25) is 0 Å². The van der Waals surface area contributed by atoms with Gasteiger partial charge >= 0.3 is 0 Å². The SMILES string of the molecule is c1ccc2c(c1)cc(-c1ccc(-n3c4ccccc4c4ccc(-c5ccc6[nH]c7ccccc7c6c5)cc43)cc1)c1ccccc12. The standard InChI is InChI=1S/C44H28N2/c1-2-10-33-31(9-1)26-39(35-12-4-3-11-34(33)35)28-17-21-32(22-18-28)46-43-16-8-6-14-37(43)38-23-19-30(27-44(38)46)29-20-24-42-40(25-29)36-13-5-7-15-41(36)45-42/h1-27,45H. The third-order valence-electron chi connectivity index (χ3n) is 9.72. The number of hydrogen-bond donors (Lipinski definition) is 1. The Balaban J connectivity index is 1.14. The molecule has 10 aromatic rings. The molecule has 2 aromatic heterocycles. The van der Waals surface area contributed by atoms with E-state index in [0.717, 1.165) is 5.69 Å². The van der Waals surface area contributed by atoms with E-state index in [0.29, 0.717) is 0 Å². The highest BCUT2D eigenvalue weighted by molar-refractivity contribution is 6.14. The molecule has 0 bridgehead atoms. The number of aromatic nitrogens is 2. The number of fused-ring (bicyclic) bond motifs is 9. The molecule has 214 valence electrons. The van der Waals surface area contributed by atoms with Crippen molar-refractivity contribution in [2.75, 3.05) is 0 Å². The van der Waals surface area contributed by atoms with Crippen LogP contribution in [0, 0.1) is 0 Å². The van der Waals surface area contributed by atoms with Crippen molar-refractivity contribution >= 4 is 65.2 Å². The molecule has 0 aliphatic carbocycles. The molecule has 0 spiro atoms. The number of nitrogens with zero attached hydrogens (tertiary/aromatic N) is 1. The van der Waals surface area contributed by atoms with Gasteiger partial charge in [-0.25, -0.2) is 0 Å². The highest BCUT2D eigenvalue weighted by Gasteiger charge is 2.15. The minimum Gasteiger partial charge on any atom is -0.355 e. The van der Waals surface area contributed by atoms with Gasteiger partial charge in [0, 0.05) is 38.3 Å². The van der Waals surface area contributed by atoms with Crippen LogP contribution in [0.3, 0.4) is 0 Å². The third-order valence-corrected chi connectivity index (χ3v) is 9.72.